The fourth-order valence-corrected chi connectivity index (χ4v) is 3.45. The van der Waals surface area contributed by atoms with Crippen LogP contribution in [-0.4, -0.2) is 49.3 Å². The number of alkyl halides is 3. The summed E-state index contributed by atoms with van der Waals surface area (Å²) in [6.07, 6.45) is -2.35. The maximum Gasteiger partial charge on any atom is 0.490 e. The predicted molar refractivity (Wildman–Crippen MR) is 114 cm³/mol. The van der Waals surface area contributed by atoms with Crippen LogP contribution >= 0.6 is 0 Å². The number of nitrogens with one attached hydrogen (secondary N) is 1. The van der Waals surface area contributed by atoms with Gasteiger partial charge in [-0.15, -0.1) is 0 Å². The number of carbonyl (C=O) groups is 3. The summed E-state index contributed by atoms with van der Waals surface area (Å²) in [6.45, 7) is -0.323. The highest BCUT2D eigenvalue weighted by Gasteiger charge is 2.46. The van der Waals surface area contributed by atoms with Crippen molar-refractivity contribution < 1.29 is 37.0 Å². The molecule has 34 heavy (non-hydrogen) atoms. The zero-order valence-corrected chi connectivity index (χ0v) is 18.3. The van der Waals surface area contributed by atoms with Gasteiger partial charge in [-0.2, -0.15) is 13.2 Å². The number of esters is 2. The van der Waals surface area contributed by atoms with Crippen molar-refractivity contribution in [3.8, 4) is 23.7 Å². The second-order valence-corrected chi connectivity index (χ2v) is 8.31. The number of nitrogens with two attached hydrogens (primary N) is 1. The lowest BCUT2D eigenvalue weighted by Gasteiger charge is -2.43. The van der Waals surface area contributed by atoms with E-state index in [2.05, 4.69) is 33.7 Å². The first-order chi connectivity index (χ1) is 16.0. The summed E-state index contributed by atoms with van der Waals surface area (Å²) in [5.41, 5.74) is 6.31. The lowest BCUT2D eigenvalue weighted by atomic mass is 9.72. The molecule has 0 radical (unpaired) electrons. The van der Waals surface area contributed by atoms with Crippen LogP contribution in [0.4, 0.5) is 13.2 Å². The maximum atomic E-state index is 12.6. The van der Waals surface area contributed by atoms with Crippen LogP contribution in [0.2, 0.25) is 0 Å². The van der Waals surface area contributed by atoms with E-state index in [1.807, 2.05) is 0 Å². The number of methoxy groups -OCH3 is 1. The normalized spacial score (nSPS) is 20.7. The Morgan fingerprint density at radius 1 is 1.21 bits per heavy atom. The summed E-state index contributed by atoms with van der Waals surface area (Å²) in [7, 11) is 1.24. The summed E-state index contributed by atoms with van der Waals surface area (Å²) in [4.78, 5) is 35.3. The summed E-state index contributed by atoms with van der Waals surface area (Å²) in [5.74, 6) is 7.27. The number of hydrogen-bond acceptors (Lipinski definition) is 6. The molecule has 2 fully saturated rings. The molecular formula is C24H23F3N2O5. The van der Waals surface area contributed by atoms with Gasteiger partial charge in [-0.1, -0.05) is 11.8 Å². The van der Waals surface area contributed by atoms with E-state index < -0.39 is 35.6 Å². The Morgan fingerprint density at radius 3 is 2.44 bits per heavy atom. The third-order valence-corrected chi connectivity index (χ3v) is 5.83. The monoisotopic (exact) mass is 476 g/mol. The molecule has 10 heteroatoms. The van der Waals surface area contributed by atoms with E-state index in [0.29, 0.717) is 30.4 Å². The molecule has 3 N–H and O–H groups in total. The van der Waals surface area contributed by atoms with E-state index in [4.69, 9.17) is 10.5 Å². The number of ether oxygens (including phenoxy) is 2. The Morgan fingerprint density at radius 2 is 1.88 bits per heavy atom. The van der Waals surface area contributed by atoms with E-state index >= 15 is 0 Å². The van der Waals surface area contributed by atoms with Crippen molar-refractivity contribution >= 4 is 17.8 Å². The Hall–Kier alpha value is -3.50. The Balaban J connectivity index is 1.50. The summed E-state index contributed by atoms with van der Waals surface area (Å²) in [6, 6.07) is 5.41. The minimum Gasteiger partial charge on any atom is -0.467 e. The highest BCUT2D eigenvalue weighted by Crippen LogP contribution is 2.38. The second kappa shape index (κ2) is 10.2. The van der Waals surface area contributed by atoms with Crippen LogP contribution in [0.15, 0.2) is 24.3 Å². The molecule has 0 unspecified atom stereocenters. The van der Waals surface area contributed by atoms with Crippen molar-refractivity contribution in [2.45, 2.75) is 43.4 Å². The number of rotatable bonds is 6. The van der Waals surface area contributed by atoms with Crippen molar-refractivity contribution in [1.82, 2.24) is 5.32 Å². The van der Waals surface area contributed by atoms with Crippen LogP contribution in [0, 0.1) is 35.5 Å². The fraction of sp³-hybridized carbons (Fsp3) is 0.458. The molecule has 2 aliphatic carbocycles. The third kappa shape index (κ3) is 6.30. The molecule has 0 bridgehead atoms. The summed E-state index contributed by atoms with van der Waals surface area (Å²) >= 11 is 0. The molecule has 0 saturated heterocycles. The van der Waals surface area contributed by atoms with Crippen LogP contribution in [0.5, 0.6) is 0 Å². The van der Waals surface area contributed by atoms with Crippen LogP contribution in [0.3, 0.4) is 0 Å². The van der Waals surface area contributed by atoms with Gasteiger partial charge in [-0.05, 0) is 61.8 Å². The van der Waals surface area contributed by atoms with Gasteiger partial charge in [0, 0.05) is 28.5 Å². The van der Waals surface area contributed by atoms with Crippen LogP contribution in [-0.2, 0) is 19.1 Å². The van der Waals surface area contributed by atoms with Crippen molar-refractivity contribution in [3.05, 3.63) is 35.4 Å². The van der Waals surface area contributed by atoms with Gasteiger partial charge in [-0.25, -0.2) is 9.59 Å². The smallest absolute Gasteiger partial charge is 0.467 e. The number of halogens is 3. The van der Waals surface area contributed by atoms with Gasteiger partial charge >= 0.3 is 18.1 Å². The van der Waals surface area contributed by atoms with Crippen LogP contribution in [0.25, 0.3) is 0 Å². The first kappa shape index (κ1) is 25.1. The standard InChI is InChI=1S/C24H23F3N2O5/c1-33-21(31)19(23(28)11-4-12-23)29-20(30)16-9-7-15(8-10-16)5-2-3-6-17-13-18(17)14-34-22(32)24(25,26)27/h7-10,17-19H,4,11-14,28H2,1H3,(H,29,30)/t17-,18+,19-/m1/s1. The molecule has 0 heterocycles. The molecule has 3 atom stereocenters. The van der Waals surface area contributed by atoms with E-state index in [-0.39, 0.29) is 18.4 Å². The highest BCUT2D eigenvalue weighted by atomic mass is 19.4. The van der Waals surface area contributed by atoms with Gasteiger partial charge in [-0.3, -0.25) is 4.79 Å². The molecule has 2 aliphatic rings. The SMILES string of the molecule is COC(=O)[C@@H](NC(=O)c1ccc(C#CC#C[C@@H]2C[C@H]2COC(=O)C(F)(F)F)cc1)C1(N)CCC1. The molecular weight excluding hydrogens is 453 g/mol. The Labute approximate surface area is 194 Å². The lowest BCUT2D eigenvalue weighted by Crippen LogP contribution is -2.65. The number of hydrogen-bond donors (Lipinski definition) is 2. The van der Waals surface area contributed by atoms with Gasteiger partial charge in [0.1, 0.15) is 6.04 Å². The van der Waals surface area contributed by atoms with Crippen LogP contribution < -0.4 is 11.1 Å². The van der Waals surface area contributed by atoms with E-state index in [1.54, 1.807) is 24.3 Å². The number of benzene rings is 1. The average Bonchev–Trinajstić information content (AvgIpc) is 3.54. The lowest BCUT2D eigenvalue weighted by molar-refractivity contribution is -0.200. The first-order valence-electron chi connectivity index (χ1n) is 10.6. The molecule has 0 spiro atoms. The second-order valence-electron chi connectivity index (χ2n) is 8.31. The van der Waals surface area contributed by atoms with Crippen LogP contribution in [0.1, 0.15) is 41.6 Å². The van der Waals surface area contributed by atoms with Gasteiger partial charge in [0.25, 0.3) is 5.91 Å². The highest BCUT2D eigenvalue weighted by molar-refractivity contribution is 5.97. The van der Waals surface area contributed by atoms with E-state index in [9.17, 15) is 27.6 Å². The summed E-state index contributed by atoms with van der Waals surface area (Å²) in [5, 5.41) is 2.66. The molecule has 1 aromatic carbocycles. The Bertz CT molecular complexity index is 1070. The van der Waals surface area contributed by atoms with Gasteiger partial charge < -0.3 is 20.5 Å². The molecule has 0 aromatic heterocycles. The van der Waals surface area contributed by atoms with E-state index in [0.717, 1.165) is 6.42 Å². The number of carbonyl (C=O) groups excluding carboxylic acids is 3. The van der Waals surface area contributed by atoms with Crippen molar-refractivity contribution in [1.29, 1.82) is 0 Å². The van der Waals surface area contributed by atoms with Crippen molar-refractivity contribution in [2.24, 2.45) is 17.6 Å². The van der Waals surface area contributed by atoms with Gasteiger partial charge in [0.2, 0.25) is 0 Å². The van der Waals surface area contributed by atoms with Crippen molar-refractivity contribution in [2.75, 3.05) is 13.7 Å². The summed E-state index contributed by atoms with van der Waals surface area (Å²) < 4.78 is 45.3. The molecule has 2 saturated carbocycles. The Kier molecular flexibility index (Phi) is 7.53. The average molecular weight is 476 g/mol. The first-order valence-corrected chi connectivity index (χ1v) is 10.6. The molecule has 7 nitrogen and oxygen atoms in total. The minimum absolute atomic E-state index is 0.161. The predicted octanol–water partition coefficient (Wildman–Crippen LogP) is 1.94. The molecule has 1 amide bonds. The van der Waals surface area contributed by atoms with Crippen molar-refractivity contribution in [3.63, 3.8) is 0 Å². The minimum atomic E-state index is -5.00. The zero-order chi connectivity index (χ0) is 24.9. The molecule has 1 aromatic rings. The van der Waals surface area contributed by atoms with Gasteiger partial charge in [0.05, 0.1) is 13.7 Å². The third-order valence-electron chi connectivity index (χ3n) is 5.83. The largest absolute Gasteiger partial charge is 0.490 e. The molecule has 180 valence electrons. The topological polar surface area (TPSA) is 108 Å². The van der Waals surface area contributed by atoms with Gasteiger partial charge in [0.15, 0.2) is 0 Å². The molecule has 0 aliphatic heterocycles. The molecule has 3 rings (SSSR count). The number of amides is 1. The van der Waals surface area contributed by atoms with E-state index in [1.165, 1.54) is 7.11 Å². The zero-order valence-electron chi connectivity index (χ0n) is 18.3. The maximum absolute atomic E-state index is 12.6. The quantitative estimate of drug-likeness (QED) is 0.480. The fourth-order valence-electron chi connectivity index (χ4n) is 3.45.